The minimum absolute atomic E-state index is 0.251. The lowest BCUT2D eigenvalue weighted by molar-refractivity contribution is 0.661. The van der Waals surface area contributed by atoms with Crippen LogP contribution in [0.5, 0.6) is 0 Å². The van der Waals surface area contributed by atoms with E-state index >= 15 is 0 Å². The lowest BCUT2D eigenvalue weighted by atomic mass is 9.78. The molecule has 0 radical (unpaired) electrons. The van der Waals surface area contributed by atoms with E-state index in [4.69, 9.17) is 0 Å². The minimum Gasteiger partial charge on any atom is -0.0696 e. The summed E-state index contributed by atoms with van der Waals surface area (Å²) in [6.45, 7) is 12.4. The molecule has 1 aliphatic heterocycles. The maximum atomic E-state index is 3.36. The Kier molecular flexibility index (Phi) is 15.2. The van der Waals surface area contributed by atoms with Crippen LogP contribution >= 0.6 is 0 Å². The van der Waals surface area contributed by atoms with Crippen molar-refractivity contribution in [1.82, 2.24) is 0 Å². The zero-order valence-corrected chi connectivity index (χ0v) is 67.9. The Balaban J connectivity index is 0.678. The van der Waals surface area contributed by atoms with Gasteiger partial charge >= 0.3 is 0 Å². The van der Waals surface area contributed by atoms with Gasteiger partial charge in [-0.05, 0) is 332 Å². The molecule has 0 saturated heterocycles. The Labute approximate surface area is 693 Å². The molecule has 0 spiro atoms. The summed E-state index contributed by atoms with van der Waals surface area (Å²) in [4.78, 5) is 0. The van der Waals surface area contributed by atoms with Crippen molar-refractivity contribution in [2.45, 2.75) is 39.3 Å². The lowest BCUT2D eigenvalue weighted by Gasteiger charge is -2.26. The van der Waals surface area contributed by atoms with Crippen LogP contribution in [0, 0.1) is 19.1 Å². The summed E-state index contributed by atoms with van der Waals surface area (Å²) < 4.78 is 0. The summed E-state index contributed by atoms with van der Waals surface area (Å²) in [5.41, 5.74) is 31.1. The Morgan fingerprint density at radius 2 is 0.697 bits per heavy atom. The van der Waals surface area contributed by atoms with E-state index in [1.54, 1.807) is 5.19 Å². The average molecular weight is 1520 g/mol. The lowest BCUT2D eigenvalue weighted by Crippen LogP contribution is -2.50. The second-order valence-corrected chi connectivity index (χ2v) is 38.6. The highest BCUT2D eigenvalue weighted by Gasteiger charge is 2.41. The highest BCUT2D eigenvalue weighted by atomic mass is 28.3. The highest BCUT2D eigenvalue weighted by Crippen LogP contribution is 2.57. The van der Waals surface area contributed by atoms with Crippen LogP contribution < -0.4 is 10.4 Å². The molecule has 0 atom stereocenters. The first-order valence-corrected chi connectivity index (χ1v) is 44.8. The normalized spacial score (nSPS) is 13.2. The van der Waals surface area contributed by atoms with Gasteiger partial charge in [0, 0.05) is 10.8 Å². The van der Waals surface area contributed by atoms with Gasteiger partial charge < -0.3 is 0 Å². The highest BCUT2D eigenvalue weighted by molar-refractivity contribution is 7.04. The molecule has 24 rings (SSSR count). The van der Waals surface area contributed by atoms with Crippen LogP contribution in [-0.4, -0.2) is 8.07 Å². The molecule has 0 nitrogen and oxygen atoms in total. The Hall–Kier alpha value is -14.5. The van der Waals surface area contributed by atoms with Crippen molar-refractivity contribution in [1.29, 1.82) is 0 Å². The Morgan fingerprint density at radius 1 is 0.235 bits per heavy atom. The van der Waals surface area contributed by atoms with Crippen molar-refractivity contribution in [3.63, 3.8) is 0 Å². The summed E-state index contributed by atoms with van der Waals surface area (Å²) in [5.74, 6) is 0. The predicted octanol–water partition coefficient (Wildman–Crippen LogP) is 31.2. The zero-order valence-electron chi connectivity index (χ0n) is 66.9. The fraction of sp³-hybridized carbons (Fsp3) is 0.0508. The second-order valence-electron chi connectivity index (χ2n) is 34.3. The minimum atomic E-state index is -2.16. The maximum Gasteiger partial charge on any atom is 0.114 e. The number of rotatable bonds is 9. The topological polar surface area (TPSA) is 0 Å². The molecule has 0 unspecified atom stereocenters. The van der Waals surface area contributed by atoms with Crippen molar-refractivity contribution in [2.75, 3.05) is 0 Å². The van der Waals surface area contributed by atoms with Crippen molar-refractivity contribution >= 4 is 126 Å². The standard InChI is InChI=1S/C118H78Si/c1-71-112-108(69-107-96-36-18-20-43-111(96)119(4,5)117(71)107)113(100-58-56-85(83-54-47-73-25-10-12-30-80(73)63-83)67-104(100)116(112)97-40-21-31-77-28-13-14-32-88(77)97)78-50-44-74(45-51-78)81-52-48-75-49-55-86(65-87(75)64-81)89-37-22-39-94-92(89)38-23-41-98(94)115-103-66-84(82-53-46-72-24-9-11-29-79(72)62-82)57-59-101(103)114(99-61-60-90(76-26-7-6-8-27-76)91-33-15-16-34-93(91)99)105-68-102-95-35-17-19-42-109(95)118(2,3)110(102)70-106(105)115/h6-8,10-23,25-70H,1-5H3. The van der Waals surface area contributed by atoms with E-state index in [0.29, 0.717) is 0 Å². The first kappa shape index (κ1) is 68.8. The van der Waals surface area contributed by atoms with E-state index < -0.39 is 8.07 Å². The number of aryl methyl sites for hydroxylation is 1. The molecule has 0 N–H and O–H groups in total. The van der Waals surface area contributed by atoms with Gasteiger partial charge in [0.15, 0.2) is 0 Å². The van der Waals surface area contributed by atoms with E-state index in [0.717, 1.165) is 21.9 Å². The first-order chi connectivity index (χ1) is 58.4. The largest absolute Gasteiger partial charge is 0.114 e. The van der Waals surface area contributed by atoms with Gasteiger partial charge in [-0.1, -0.05) is 348 Å². The van der Waals surface area contributed by atoms with Gasteiger partial charge in [-0.25, -0.2) is 0 Å². The molecular weight excluding hydrogens is 1450 g/mol. The van der Waals surface area contributed by atoms with E-state index in [2.05, 4.69) is 422 Å². The van der Waals surface area contributed by atoms with Gasteiger partial charge in [0.25, 0.3) is 0 Å². The molecule has 2 aliphatic rings. The second kappa shape index (κ2) is 26.2. The number of fused-ring (bicyclic) bond motifs is 16. The van der Waals surface area contributed by atoms with E-state index in [-0.39, 0.29) is 5.41 Å². The molecular formula is C118H78Si. The van der Waals surface area contributed by atoms with Gasteiger partial charge in [-0.2, -0.15) is 0 Å². The molecule has 0 aromatic heterocycles. The zero-order chi connectivity index (χ0) is 79.1. The summed E-state index contributed by atoms with van der Waals surface area (Å²) in [6.07, 6.45) is 0. The van der Waals surface area contributed by atoms with Crippen molar-refractivity contribution in [3.05, 3.63) is 411 Å². The fourth-order valence-corrected chi connectivity index (χ4v) is 25.2. The van der Waals surface area contributed by atoms with E-state index in [9.17, 15) is 0 Å². The molecule has 0 fully saturated rings. The van der Waals surface area contributed by atoms with Gasteiger partial charge in [0.2, 0.25) is 0 Å². The van der Waals surface area contributed by atoms with Crippen molar-refractivity contribution in [2.24, 2.45) is 0 Å². The maximum absolute atomic E-state index is 3.36. The van der Waals surface area contributed by atoms with E-state index in [1.165, 1.54) is 230 Å². The summed E-state index contributed by atoms with van der Waals surface area (Å²) in [5, 5.41) is 27.6. The van der Waals surface area contributed by atoms with Gasteiger partial charge in [0.1, 0.15) is 8.07 Å². The quantitative estimate of drug-likeness (QED) is 0.0998. The average Bonchev–Trinajstić information content (AvgIpc) is 1.62. The van der Waals surface area contributed by atoms with E-state index in [1.807, 2.05) is 6.07 Å². The Bertz CT molecular complexity index is 8150. The number of hydrogen-bond acceptors (Lipinski definition) is 0. The van der Waals surface area contributed by atoms with Gasteiger partial charge in [-0.3, -0.25) is 0 Å². The molecule has 1 heteroatoms. The van der Waals surface area contributed by atoms with Gasteiger partial charge in [0.05, 0.1) is 0 Å². The third-order valence-electron chi connectivity index (χ3n) is 27.2. The fourth-order valence-electron chi connectivity index (χ4n) is 21.6. The van der Waals surface area contributed by atoms with Crippen LogP contribution in [0.15, 0.2) is 382 Å². The summed E-state index contributed by atoms with van der Waals surface area (Å²) >= 11 is 0. The van der Waals surface area contributed by atoms with Crippen LogP contribution in [0.2, 0.25) is 13.1 Å². The Morgan fingerprint density at radius 3 is 1.46 bits per heavy atom. The third-order valence-corrected chi connectivity index (χ3v) is 30.9. The molecule has 0 saturated carbocycles. The SMILES string of the molecule is Cc1c2c(cc3c(-c4ccc(-c5ccc6ccc(-c7cccc8c(-c9c%10cc(-c%11ccc%12c#cccc%12c%11)ccc%10c(-c%10ccc(-c%11ccccc%11)c%11ccccc%10%11)c%10cc%11c(cc9%10)C(C)(C)c9ccccc9-%11)cccc78)cc6c5)cc4)c4ccc(-c5ccc6ccccc6c5)cc4c(-c4cccc5ccccc45)c13)-c1ccccc1[Si]2(C)C. The summed E-state index contributed by atoms with van der Waals surface area (Å²) in [6, 6.07) is 152. The van der Waals surface area contributed by atoms with Crippen LogP contribution in [0.1, 0.15) is 30.5 Å². The van der Waals surface area contributed by atoms with Crippen molar-refractivity contribution < 1.29 is 0 Å². The molecule has 119 heavy (non-hydrogen) atoms. The smallest absolute Gasteiger partial charge is 0.0696 e. The van der Waals surface area contributed by atoms with Gasteiger partial charge in [-0.15, -0.1) is 0 Å². The number of hydrogen-bond donors (Lipinski definition) is 0. The summed E-state index contributed by atoms with van der Waals surface area (Å²) in [7, 11) is -2.16. The van der Waals surface area contributed by atoms with Crippen LogP contribution in [0.4, 0.5) is 0 Å². The van der Waals surface area contributed by atoms with Crippen LogP contribution in [0.3, 0.4) is 0 Å². The number of benzene rings is 21. The molecule has 22 aromatic carbocycles. The monoisotopic (exact) mass is 1520 g/mol. The predicted molar refractivity (Wildman–Crippen MR) is 513 cm³/mol. The molecule has 0 amide bonds. The van der Waals surface area contributed by atoms with Crippen LogP contribution in [0.25, 0.3) is 230 Å². The first-order valence-electron chi connectivity index (χ1n) is 41.8. The molecule has 554 valence electrons. The van der Waals surface area contributed by atoms with Crippen molar-refractivity contribution in [3.8, 4) is 122 Å². The molecule has 22 aromatic rings. The molecule has 1 aliphatic carbocycles. The molecule has 1 heterocycles. The van der Waals surface area contributed by atoms with Crippen LogP contribution in [-0.2, 0) is 5.41 Å². The third kappa shape index (κ3) is 10.5. The molecule has 0 bridgehead atoms.